The van der Waals surface area contributed by atoms with Gasteiger partial charge in [0.25, 0.3) is 0 Å². The number of fused-ring (bicyclic) bond motifs is 2. The van der Waals surface area contributed by atoms with E-state index in [0.717, 1.165) is 33.5 Å². The van der Waals surface area contributed by atoms with Crippen LogP contribution in [0.4, 0.5) is 17.1 Å². The van der Waals surface area contributed by atoms with Crippen LogP contribution in [0.5, 0.6) is 0 Å². The first kappa shape index (κ1) is 33.5. The zero-order valence-corrected chi connectivity index (χ0v) is 31.3. The van der Waals surface area contributed by atoms with Gasteiger partial charge in [-0.05, 0) is 77.9 Å². The van der Waals surface area contributed by atoms with E-state index in [1.165, 1.54) is 31.0 Å². The quantitative estimate of drug-likeness (QED) is 0.163. The van der Waals surface area contributed by atoms with Crippen molar-refractivity contribution in [2.45, 2.75) is 19.6 Å². The molecule has 1 aromatic heterocycles. The van der Waals surface area contributed by atoms with E-state index in [9.17, 15) is 0 Å². The highest BCUT2D eigenvalue weighted by Gasteiger charge is 2.42. The molecule has 0 atom stereocenters. The summed E-state index contributed by atoms with van der Waals surface area (Å²) in [6, 6.07) is 77.7. The van der Waals surface area contributed by atoms with Gasteiger partial charge in [-0.25, -0.2) is 15.0 Å². The third-order valence-electron chi connectivity index (χ3n) is 10.3. The molecule has 0 unspecified atom stereocenters. The first-order chi connectivity index (χ1) is 27.8. The lowest BCUT2D eigenvalue weighted by molar-refractivity contribution is 1.07. The Kier molecular flexibility index (Phi) is 8.55. The number of anilines is 3. The van der Waals surface area contributed by atoms with Gasteiger partial charge in [-0.2, -0.15) is 0 Å². The minimum absolute atomic E-state index is 0.634. The van der Waals surface area contributed by atoms with Crippen LogP contribution in [0.1, 0.15) is 0 Å². The molecule has 10 rings (SSSR count). The first-order valence-corrected chi connectivity index (χ1v) is 20.4. The first-order valence-electron chi connectivity index (χ1n) is 18.8. The average molecular weight is 737 g/mol. The highest BCUT2D eigenvalue weighted by atomic mass is 32.3. The Bertz CT molecular complexity index is 2700. The number of aromatic nitrogens is 3. The van der Waals surface area contributed by atoms with Crippen LogP contribution in [0.2, 0.25) is 0 Å². The lowest BCUT2D eigenvalue weighted by atomic mass is 10.0. The third-order valence-corrected chi connectivity index (χ3v) is 14.3. The minimum Gasteiger partial charge on any atom is -0.308 e. The number of para-hydroxylation sites is 2. The van der Waals surface area contributed by atoms with Crippen LogP contribution in [0.3, 0.4) is 0 Å². The van der Waals surface area contributed by atoms with Crippen molar-refractivity contribution in [2.75, 3.05) is 4.90 Å². The molecule has 4 nitrogen and oxygen atoms in total. The number of hydrogen-bond donors (Lipinski definition) is 0. The molecule has 9 aromatic rings. The van der Waals surface area contributed by atoms with Gasteiger partial charge in [0.2, 0.25) is 0 Å². The maximum absolute atomic E-state index is 5.05. The topological polar surface area (TPSA) is 41.9 Å². The molecular weight excluding hydrogens is 701 g/mol. The van der Waals surface area contributed by atoms with E-state index in [0.29, 0.717) is 17.5 Å². The van der Waals surface area contributed by atoms with Gasteiger partial charge in [-0.3, -0.25) is 0 Å². The monoisotopic (exact) mass is 736 g/mol. The smallest absolute Gasteiger partial charge is 0.164 e. The van der Waals surface area contributed by atoms with E-state index in [2.05, 4.69) is 163 Å². The second-order valence-corrected chi connectivity index (χ2v) is 16.7. The van der Waals surface area contributed by atoms with E-state index >= 15 is 0 Å². The Labute approximate surface area is 328 Å². The lowest BCUT2D eigenvalue weighted by Gasteiger charge is -2.50. The van der Waals surface area contributed by atoms with Crippen molar-refractivity contribution in [2.24, 2.45) is 0 Å². The van der Waals surface area contributed by atoms with Crippen LogP contribution in [0.15, 0.2) is 238 Å². The summed E-state index contributed by atoms with van der Waals surface area (Å²) in [5.74, 6) is 1.93. The summed E-state index contributed by atoms with van der Waals surface area (Å²) < 4.78 is 0. The summed E-state index contributed by atoms with van der Waals surface area (Å²) in [5, 5.41) is 0. The largest absolute Gasteiger partial charge is 0.308 e. The second-order valence-electron chi connectivity index (χ2n) is 13.7. The number of benzene rings is 8. The predicted octanol–water partition coefficient (Wildman–Crippen LogP) is 13.7. The lowest BCUT2D eigenvalue weighted by Crippen LogP contribution is -2.21. The van der Waals surface area contributed by atoms with Crippen LogP contribution in [0.25, 0.3) is 45.3 Å². The maximum atomic E-state index is 5.05. The molecule has 0 fully saturated rings. The molecule has 0 N–H and O–H groups in total. The number of nitrogens with zero attached hydrogens (tertiary/aromatic N) is 4. The fourth-order valence-electron chi connectivity index (χ4n) is 7.80. The summed E-state index contributed by atoms with van der Waals surface area (Å²) >= 11 is 0. The van der Waals surface area contributed by atoms with Crippen LogP contribution in [-0.2, 0) is 0 Å². The number of rotatable bonds is 7. The summed E-state index contributed by atoms with van der Waals surface area (Å²) in [5.41, 5.74) is 8.54. The van der Waals surface area contributed by atoms with Crippen molar-refractivity contribution in [3.63, 3.8) is 0 Å². The molecular formula is C51H36N4S. The third kappa shape index (κ3) is 5.77. The van der Waals surface area contributed by atoms with Crippen molar-refractivity contribution >= 4 is 27.1 Å². The van der Waals surface area contributed by atoms with Crippen LogP contribution >= 0.6 is 10.0 Å². The van der Waals surface area contributed by atoms with Crippen LogP contribution < -0.4 is 4.90 Å². The highest BCUT2D eigenvalue weighted by Crippen LogP contribution is 2.79. The maximum Gasteiger partial charge on any atom is 0.164 e. The van der Waals surface area contributed by atoms with E-state index in [-0.39, 0.29) is 0 Å². The van der Waals surface area contributed by atoms with Gasteiger partial charge in [0, 0.05) is 42.0 Å². The molecule has 2 heterocycles. The zero-order valence-electron chi connectivity index (χ0n) is 30.5. The van der Waals surface area contributed by atoms with Crippen molar-refractivity contribution < 1.29 is 0 Å². The van der Waals surface area contributed by atoms with Crippen molar-refractivity contribution in [3.05, 3.63) is 218 Å². The van der Waals surface area contributed by atoms with Gasteiger partial charge in [0.15, 0.2) is 17.5 Å². The molecule has 0 spiro atoms. The molecule has 8 aromatic carbocycles. The fraction of sp³-hybridized carbons (Fsp3) is 0. The zero-order chi connectivity index (χ0) is 37.3. The molecule has 266 valence electrons. The van der Waals surface area contributed by atoms with Gasteiger partial charge in [0.1, 0.15) is 0 Å². The Morgan fingerprint density at radius 3 is 1.32 bits per heavy atom. The standard InChI is InChI=1S/C51H36N4S/c1-6-19-37(20-7-1)49-52-50(38-21-8-2-9-22-38)54-51(53-49)41-24-18-23-39(35-41)40-33-34-46-48(36-40)56(43-27-12-4-13-28-43,44-29-14-5-15-30-44)47-32-17-16-31-45(47)55(46)42-25-10-3-11-26-42/h1-36H. The van der Waals surface area contributed by atoms with Crippen LogP contribution in [0, 0.1) is 0 Å². The fourth-order valence-corrected chi connectivity index (χ4v) is 12.0. The van der Waals surface area contributed by atoms with Crippen LogP contribution in [-0.4, -0.2) is 15.0 Å². The number of hydrogen-bond acceptors (Lipinski definition) is 4. The van der Waals surface area contributed by atoms with Gasteiger partial charge in [-0.15, -0.1) is 10.0 Å². The summed E-state index contributed by atoms with van der Waals surface area (Å²) in [6.45, 7) is 0. The molecule has 1 aliphatic heterocycles. The molecule has 0 saturated carbocycles. The van der Waals surface area contributed by atoms with E-state index in [1.807, 2.05) is 60.7 Å². The second kappa shape index (κ2) is 14.3. The van der Waals surface area contributed by atoms with Gasteiger partial charge in [-0.1, -0.05) is 152 Å². The molecule has 0 amide bonds. The normalized spacial score (nSPS) is 13.3. The molecule has 56 heavy (non-hydrogen) atoms. The molecule has 1 aliphatic rings. The van der Waals surface area contributed by atoms with Gasteiger partial charge >= 0.3 is 0 Å². The van der Waals surface area contributed by atoms with Crippen molar-refractivity contribution in [3.8, 4) is 45.3 Å². The van der Waals surface area contributed by atoms with E-state index < -0.39 is 10.0 Å². The molecule has 5 heteroatoms. The summed E-state index contributed by atoms with van der Waals surface area (Å²) in [7, 11) is -1.95. The average Bonchev–Trinajstić information content (AvgIpc) is 3.29. The Morgan fingerprint density at radius 1 is 0.304 bits per heavy atom. The highest BCUT2D eigenvalue weighted by molar-refractivity contribution is 8.34. The Hall–Kier alpha value is -7.08. The van der Waals surface area contributed by atoms with E-state index in [4.69, 9.17) is 15.0 Å². The molecule has 0 radical (unpaired) electrons. The predicted molar refractivity (Wildman–Crippen MR) is 230 cm³/mol. The Morgan fingerprint density at radius 2 is 0.732 bits per heavy atom. The Balaban J connectivity index is 1.20. The summed E-state index contributed by atoms with van der Waals surface area (Å²) in [4.78, 5) is 22.7. The SMILES string of the molecule is c1ccc(-c2nc(-c3ccccc3)nc(-c3cccc(-c4ccc5c(c4)S(c4ccccc4)(c4ccccc4)c4ccccc4N5c4ccccc4)c3)n2)cc1. The van der Waals surface area contributed by atoms with Gasteiger partial charge in [0.05, 0.1) is 11.4 Å². The summed E-state index contributed by atoms with van der Waals surface area (Å²) in [6.07, 6.45) is 0. The van der Waals surface area contributed by atoms with Crippen molar-refractivity contribution in [1.82, 2.24) is 15.0 Å². The molecule has 0 saturated heterocycles. The van der Waals surface area contributed by atoms with Crippen molar-refractivity contribution in [1.29, 1.82) is 0 Å². The molecule has 0 aliphatic carbocycles. The molecule has 0 bridgehead atoms. The van der Waals surface area contributed by atoms with Gasteiger partial charge < -0.3 is 4.90 Å². The minimum atomic E-state index is -1.95. The van der Waals surface area contributed by atoms with E-state index in [1.54, 1.807) is 0 Å².